The van der Waals surface area contributed by atoms with Crippen molar-refractivity contribution in [3.8, 4) is 0 Å². The maximum absolute atomic E-state index is 11.5. The molecule has 0 bridgehead atoms. The Morgan fingerprint density at radius 1 is 1.44 bits per heavy atom. The molecule has 1 amide bonds. The molecule has 8 nitrogen and oxygen atoms in total. The van der Waals surface area contributed by atoms with Gasteiger partial charge in [0.15, 0.2) is 11.5 Å². The molecule has 0 spiro atoms. The van der Waals surface area contributed by atoms with E-state index < -0.39 is 0 Å². The number of hydrogen-bond acceptors (Lipinski definition) is 6. The highest BCUT2D eigenvalue weighted by Gasteiger charge is 2.11. The predicted octanol–water partition coefficient (Wildman–Crippen LogP) is -0.105. The Kier molecular flexibility index (Phi) is 3.26. The van der Waals surface area contributed by atoms with Crippen molar-refractivity contribution < 1.29 is 4.79 Å². The topological polar surface area (TPSA) is 98.8 Å². The largest absolute Gasteiger partial charge is 0.359 e. The SMILES string of the molecule is CNc1nc(NCC(=O)N(C)C)c2[nH]cnc2n1. The minimum Gasteiger partial charge on any atom is -0.359 e. The van der Waals surface area contributed by atoms with E-state index in [2.05, 4.69) is 30.6 Å². The molecular weight excluding hydrogens is 234 g/mol. The Hall–Kier alpha value is -2.38. The van der Waals surface area contributed by atoms with Crippen LogP contribution in [0.25, 0.3) is 11.2 Å². The van der Waals surface area contributed by atoms with E-state index >= 15 is 0 Å². The zero-order chi connectivity index (χ0) is 13.1. The van der Waals surface area contributed by atoms with Crippen LogP contribution in [0, 0.1) is 0 Å². The number of imidazole rings is 1. The molecule has 0 saturated carbocycles. The highest BCUT2D eigenvalue weighted by atomic mass is 16.2. The predicted molar refractivity (Wildman–Crippen MR) is 68.4 cm³/mol. The number of H-pyrrole nitrogens is 1. The summed E-state index contributed by atoms with van der Waals surface area (Å²) in [5.41, 5.74) is 1.23. The number of aromatic amines is 1. The van der Waals surface area contributed by atoms with Crippen molar-refractivity contribution in [2.24, 2.45) is 0 Å². The lowest BCUT2D eigenvalue weighted by atomic mass is 10.4. The molecule has 0 saturated heterocycles. The van der Waals surface area contributed by atoms with E-state index in [1.165, 1.54) is 11.2 Å². The quantitative estimate of drug-likeness (QED) is 0.699. The molecule has 0 aliphatic carbocycles. The molecule has 0 unspecified atom stereocenters. The van der Waals surface area contributed by atoms with Gasteiger partial charge in [0, 0.05) is 21.1 Å². The summed E-state index contributed by atoms with van der Waals surface area (Å²) in [6.07, 6.45) is 1.54. The Balaban J connectivity index is 2.26. The van der Waals surface area contributed by atoms with Gasteiger partial charge in [0.25, 0.3) is 0 Å². The van der Waals surface area contributed by atoms with Crippen LogP contribution in [-0.2, 0) is 4.79 Å². The highest BCUT2D eigenvalue weighted by Crippen LogP contribution is 2.17. The van der Waals surface area contributed by atoms with Gasteiger partial charge in [0.1, 0.15) is 5.52 Å². The highest BCUT2D eigenvalue weighted by molar-refractivity contribution is 5.87. The number of carbonyl (C=O) groups excluding carboxylic acids is 1. The summed E-state index contributed by atoms with van der Waals surface area (Å²) in [6, 6.07) is 0. The summed E-state index contributed by atoms with van der Waals surface area (Å²) in [5.74, 6) is 0.971. The fourth-order valence-electron chi connectivity index (χ4n) is 1.39. The first kappa shape index (κ1) is 12.1. The van der Waals surface area contributed by atoms with Gasteiger partial charge < -0.3 is 20.5 Å². The third-order valence-corrected chi connectivity index (χ3v) is 2.42. The molecule has 3 N–H and O–H groups in total. The van der Waals surface area contributed by atoms with Gasteiger partial charge >= 0.3 is 0 Å². The number of amides is 1. The molecule has 8 heteroatoms. The average molecular weight is 249 g/mol. The molecule has 2 aromatic heterocycles. The monoisotopic (exact) mass is 249 g/mol. The summed E-state index contributed by atoms with van der Waals surface area (Å²) >= 11 is 0. The van der Waals surface area contributed by atoms with E-state index in [9.17, 15) is 4.79 Å². The molecule has 2 heterocycles. The standard InChI is InChI=1S/C10H15N7O/c1-11-10-15-8(12-4-6(18)17(2)3)7-9(16-10)14-5-13-7/h5H,4H2,1-3H3,(H3,11,12,13,14,15,16). The smallest absolute Gasteiger partial charge is 0.241 e. The van der Waals surface area contributed by atoms with Gasteiger partial charge in [-0.3, -0.25) is 4.79 Å². The molecule has 18 heavy (non-hydrogen) atoms. The molecule has 96 valence electrons. The molecule has 0 aliphatic heterocycles. The van der Waals surface area contributed by atoms with Crippen molar-refractivity contribution in [3.63, 3.8) is 0 Å². The minimum absolute atomic E-state index is 0.0349. The van der Waals surface area contributed by atoms with Crippen LogP contribution in [0.2, 0.25) is 0 Å². The molecule has 2 aromatic rings. The minimum atomic E-state index is -0.0349. The fourth-order valence-corrected chi connectivity index (χ4v) is 1.39. The molecule has 0 fully saturated rings. The molecule has 0 aromatic carbocycles. The van der Waals surface area contributed by atoms with Crippen LogP contribution in [-0.4, -0.2) is 58.4 Å². The zero-order valence-electron chi connectivity index (χ0n) is 10.5. The van der Waals surface area contributed by atoms with Gasteiger partial charge in [-0.05, 0) is 0 Å². The van der Waals surface area contributed by atoms with Crippen molar-refractivity contribution >= 4 is 28.8 Å². The lowest BCUT2D eigenvalue weighted by molar-refractivity contribution is -0.126. The first-order valence-corrected chi connectivity index (χ1v) is 5.44. The van der Waals surface area contributed by atoms with Crippen LogP contribution in [0.4, 0.5) is 11.8 Å². The van der Waals surface area contributed by atoms with Crippen molar-refractivity contribution in [1.82, 2.24) is 24.8 Å². The Bertz CT molecular complexity index is 562. The van der Waals surface area contributed by atoms with Crippen molar-refractivity contribution in [2.75, 3.05) is 38.3 Å². The number of hydrogen-bond donors (Lipinski definition) is 3. The van der Waals surface area contributed by atoms with E-state index in [0.29, 0.717) is 22.9 Å². The number of nitrogens with one attached hydrogen (secondary N) is 3. The van der Waals surface area contributed by atoms with Gasteiger partial charge in [0.2, 0.25) is 11.9 Å². The second kappa shape index (κ2) is 4.86. The third kappa shape index (κ3) is 2.31. The van der Waals surface area contributed by atoms with E-state index in [1.54, 1.807) is 21.1 Å². The summed E-state index contributed by atoms with van der Waals surface area (Å²) in [6.45, 7) is 0.168. The summed E-state index contributed by atoms with van der Waals surface area (Å²) in [5, 5.41) is 5.82. The van der Waals surface area contributed by atoms with Crippen molar-refractivity contribution in [3.05, 3.63) is 6.33 Å². The normalized spacial score (nSPS) is 10.4. The summed E-state index contributed by atoms with van der Waals surface area (Å²) in [4.78, 5) is 28.5. The molecule has 0 atom stereocenters. The number of fused-ring (bicyclic) bond motifs is 1. The Morgan fingerprint density at radius 3 is 2.89 bits per heavy atom. The Morgan fingerprint density at radius 2 is 2.22 bits per heavy atom. The molecule has 0 radical (unpaired) electrons. The first-order chi connectivity index (χ1) is 8.61. The zero-order valence-corrected chi connectivity index (χ0v) is 10.5. The van der Waals surface area contributed by atoms with Gasteiger partial charge in [-0.25, -0.2) is 4.98 Å². The second-order valence-corrected chi connectivity index (χ2v) is 3.89. The van der Waals surface area contributed by atoms with Crippen LogP contribution in [0.3, 0.4) is 0 Å². The van der Waals surface area contributed by atoms with Gasteiger partial charge in [0.05, 0.1) is 12.9 Å². The first-order valence-electron chi connectivity index (χ1n) is 5.44. The number of aromatic nitrogens is 4. The van der Waals surface area contributed by atoms with E-state index in [4.69, 9.17) is 0 Å². The Labute approximate surface area is 104 Å². The summed E-state index contributed by atoms with van der Waals surface area (Å²) in [7, 11) is 5.13. The average Bonchev–Trinajstić information content (AvgIpc) is 2.83. The number of anilines is 2. The molecular formula is C10H15N7O. The van der Waals surface area contributed by atoms with Crippen LogP contribution >= 0.6 is 0 Å². The number of carbonyl (C=O) groups is 1. The number of likely N-dealkylation sites (N-methyl/N-ethyl adjacent to an activating group) is 1. The van der Waals surface area contributed by atoms with Crippen LogP contribution < -0.4 is 10.6 Å². The van der Waals surface area contributed by atoms with Gasteiger partial charge in [-0.1, -0.05) is 0 Å². The van der Waals surface area contributed by atoms with Crippen LogP contribution in [0.15, 0.2) is 6.33 Å². The van der Waals surface area contributed by atoms with E-state index in [-0.39, 0.29) is 12.5 Å². The van der Waals surface area contributed by atoms with Crippen molar-refractivity contribution in [2.45, 2.75) is 0 Å². The summed E-state index contributed by atoms with van der Waals surface area (Å²) < 4.78 is 0. The number of rotatable bonds is 4. The lowest BCUT2D eigenvalue weighted by Crippen LogP contribution is -2.29. The molecule has 2 rings (SSSR count). The van der Waals surface area contributed by atoms with E-state index in [0.717, 1.165) is 0 Å². The number of nitrogens with zero attached hydrogens (tertiary/aromatic N) is 4. The fraction of sp³-hybridized carbons (Fsp3) is 0.400. The van der Waals surface area contributed by atoms with Crippen LogP contribution in [0.1, 0.15) is 0 Å². The second-order valence-electron chi connectivity index (χ2n) is 3.89. The van der Waals surface area contributed by atoms with Gasteiger partial charge in [-0.2, -0.15) is 9.97 Å². The maximum atomic E-state index is 11.5. The lowest BCUT2D eigenvalue weighted by Gasteiger charge is -2.12. The molecule has 0 aliphatic rings. The van der Waals surface area contributed by atoms with Crippen LogP contribution in [0.5, 0.6) is 0 Å². The van der Waals surface area contributed by atoms with E-state index in [1.807, 2.05) is 0 Å². The van der Waals surface area contributed by atoms with Gasteiger partial charge in [-0.15, -0.1) is 0 Å². The van der Waals surface area contributed by atoms with Crippen molar-refractivity contribution in [1.29, 1.82) is 0 Å². The maximum Gasteiger partial charge on any atom is 0.241 e. The third-order valence-electron chi connectivity index (χ3n) is 2.42.